The molecular weight excluding hydrogens is 248 g/mol. The third-order valence-corrected chi connectivity index (χ3v) is 5.68. The molecule has 0 radical (unpaired) electrons. The van der Waals surface area contributed by atoms with Gasteiger partial charge in [-0.25, -0.2) is 0 Å². The number of ether oxygens (including phenoxy) is 1. The quantitative estimate of drug-likeness (QED) is 0.856. The van der Waals surface area contributed by atoms with Gasteiger partial charge in [0.1, 0.15) is 5.54 Å². The van der Waals surface area contributed by atoms with Gasteiger partial charge in [0.25, 0.3) is 0 Å². The van der Waals surface area contributed by atoms with Crippen LogP contribution >= 0.6 is 0 Å². The summed E-state index contributed by atoms with van der Waals surface area (Å²) >= 11 is 0. The molecule has 3 nitrogen and oxygen atoms in total. The van der Waals surface area contributed by atoms with Crippen molar-refractivity contribution in [2.75, 3.05) is 0 Å². The van der Waals surface area contributed by atoms with E-state index in [0.29, 0.717) is 18.2 Å². The zero-order chi connectivity index (χ0) is 14.2. The molecule has 112 valence electrons. The third kappa shape index (κ3) is 3.18. The molecule has 3 saturated carbocycles. The van der Waals surface area contributed by atoms with Crippen molar-refractivity contribution in [1.29, 1.82) is 5.26 Å². The van der Waals surface area contributed by atoms with E-state index in [1.165, 1.54) is 32.1 Å². The lowest BCUT2D eigenvalue weighted by molar-refractivity contribution is -0.0455. The van der Waals surface area contributed by atoms with Crippen molar-refractivity contribution in [2.24, 2.45) is 11.8 Å². The molecule has 0 aromatic carbocycles. The van der Waals surface area contributed by atoms with Crippen molar-refractivity contribution in [3.05, 3.63) is 0 Å². The lowest BCUT2D eigenvalue weighted by Crippen LogP contribution is -2.43. The van der Waals surface area contributed by atoms with Crippen LogP contribution in [0.2, 0.25) is 0 Å². The first kappa shape index (κ1) is 14.4. The van der Waals surface area contributed by atoms with Gasteiger partial charge in [0.05, 0.1) is 18.3 Å². The summed E-state index contributed by atoms with van der Waals surface area (Å²) in [6.07, 6.45) is 9.82. The smallest absolute Gasteiger partial charge is 0.109 e. The Hall–Kier alpha value is -0.590. The summed E-state index contributed by atoms with van der Waals surface area (Å²) in [5.74, 6) is 1.62. The Morgan fingerprint density at radius 1 is 1.05 bits per heavy atom. The SMILES string of the molecule is CC1CCC(OC2CCC(C#N)(NC3CC3)C2)CC1C. The van der Waals surface area contributed by atoms with E-state index >= 15 is 0 Å². The minimum absolute atomic E-state index is 0.292. The molecule has 20 heavy (non-hydrogen) atoms. The van der Waals surface area contributed by atoms with Gasteiger partial charge in [-0.3, -0.25) is 5.32 Å². The standard InChI is InChI=1S/C17H28N2O/c1-12-3-6-15(9-13(12)2)20-16-7-8-17(10-16,11-18)19-14-4-5-14/h12-16,19H,3-10H2,1-2H3. The molecule has 3 fully saturated rings. The fourth-order valence-corrected chi connectivity index (χ4v) is 3.89. The van der Waals surface area contributed by atoms with Gasteiger partial charge in [0, 0.05) is 12.5 Å². The van der Waals surface area contributed by atoms with Gasteiger partial charge in [0.15, 0.2) is 0 Å². The molecule has 0 aromatic heterocycles. The Balaban J connectivity index is 1.51. The van der Waals surface area contributed by atoms with E-state index in [-0.39, 0.29) is 5.54 Å². The van der Waals surface area contributed by atoms with E-state index < -0.39 is 0 Å². The minimum Gasteiger partial charge on any atom is -0.375 e. The van der Waals surface area contributed by atoms with Crippen molar-refractivity contribution in [2.45, 2.75) is 89.0 Å². The zero-order valence-corrected chi connectivity index (χ0v) is 12.9. The predicted molar refractivity (Wildman–Crippen MR) is 79.2 cm³/mol. The molecule has 3 aliphatic rings. The number of nitrogens with one attached hydrogen (secondary N) is 1. The van der Waals surface area contributed by atoms with E-state index in [1.54, 1.807) is 0 Å². The second-order valence-electron chi connectivity index (χ2n) is 7.50. The number of nitriles is 1. The molecule has 0 amide bonds. The van der Waals surface area contributed by atoms with E-state index in [9.17, 15) is 5.26 Å². The van der Waals surface area contributed by atoms with Crippen molar-refractivity contribution in [3.63, 3.8) is 0 Å². The van der Waals surface area contributed by atoms with E-state index in [1.807, 2.05) is 0 Å². The van der Waals surface area contributed by atoms with E-state index in [0.717, 1.165) is 31.1 Å². The molecular formula is C17H28N2O. The van der Waals surface area contributed by atoms with Gasteiger partial charge in [-0.1, -0.05) is 13.8 Å². The number of hydrogen-bond acceptors (Lipinski definition) is 3. The molecule has 3 rings (SSSR count). The van der Waals surface area contributed by atoms with Crippen LogP contribution in [0.4, 0.5) is 0 Å². The molecule has 0 heterocycles. The highest BCUT2D eigenvalue weighted by molar-refractivity contribution is 5.14. The van der Waals surface area contributed by atoms with Crippen LogP contribution in [0.15, 0.2) is 0 Å². The normalized spacial score (nSPS) is 45.2. The molecule has 1 N–H and O–H groups in total. The molecule has 0 bridgehead atoms. The first-order valence-corrected chi connectivity index (χ1v) is 8.44. The van der Waals surface area contributed by atoms with Crippen molar-refractivity contribution < 1.29 is 4.74 Å². The van der Waals surface area contributed by atoms with Crippen LogP contribution in [0.25, 0.3) is 0 Å². The lowest BCUT2D eigenvalue weighted by Gasteiger charge is -2.33. The van der Waals surface area contributed by atoms with Crippen molar-refractivity contribution >= 4 is 0 Å². The summed E-state index contributed by atoms with van der Waals surface area (Å²) in [5.41, 5.74) is -0.292. The fraction of sp³-hybridized carbons (Fsp3) is 0.941. The van der Waals surface area contributed by atoms with Crippen LogP contribution in [0.5, 0.6) is 0 Å². The Labute approximate surface area is 123 Å². The molecule has 0 aromatic rings. The third-order valence-electron chi connectivity index (χ3n) is 5.68. The highest BCUT2D eigenvalue weighted by Crippen LogP contribution is 2.38. The van der Waals surface area contributed by atoms with Gasteiger partial charge in [-0.05, 0) is 56.8 Å². The van der Waals surface area contributed by atoms with Gasteiger partial charge < -0.3 is 4.74 Å². The highest BCUT2D eigenvalue weighted by Gasteiger charge is 2.44. The molecule has 5 atom stereocenters. The summed E-state index contributed by atoms with van der Waals surface area (Å²) in [6, 6.07) is 3.14. The molecule has 0 spiro atoms. The lowest BCUT2D eigenvalue weighted by atomic mass is 9.80. The number of hydrogen-bond donors (Lipinski definition) is 1. The van der Waals surface area contributed by atoms with E-state index in [4.69, 9.17) is 4.74 Å². The van der Waals surface area contributed by atoms with Crippen LogP contribution in [0, 0.1) is 23.2 Å². The largest absolute Gasteiger partial charge is 0.375 e. The number of nitrogens with zero attached hydrogens (tertiary/aromatic N) is 1. The fourth-order valence-electron chi connectivity index (χ4n) is 3.89. The Bertz CT molecular complexity index is 387. The minimum atomic E-state index is -0.292. The second kappa shape index (κ2) is 5.66. The molecule has 0 aliphatic heterocycles. The molecule has 5 unspecified atom stereocenters. The second-order valence-corrected chi connectivity index (χ2v) is 7.50. The Kier molecular flexibility index (Phi) is 4.06. The van der Waals surface area contributed by atoms with Gasteiger partial charge in [0.2, 0.25) is 0 Å². The maximum absolute atomic E-state index is 9.53. The summed E-state index contributed by atoms with van der Waals surface area (Å²) in [6.45, 7) is 4.71. The average molecular weight is 276 g/mol. The first-order chi connectivity index (χ1) is 9.60. The molecule has 3 aliphatic carbocycles. The van der Waals surface area contributed by atoms with Crippen LogP contribution in [0.3, 0.4) is 0 Å². The van der Waals surface area contributed by atoms with Gasteiger partial charge >= 0.3 is 0 Å². The van der Waals surface area contributed by atoms with Crippen LogP contribution in [-0.4, -0.2) is 23.8 Å². The summed E-state index contributed by atoms with van der Waals surface area (Å²) in [7, 11) is 0. The predicted octanol–water partition coefficient (Wildman–Crippen LogP) is 3.39. The van der Waals surface area contributed by atoms with E-state index in [2.05, 4.69) is 25.2 Å². The van der Waals surface area contributed by atoms with Crippen molar-refractivity contribution in [1.82, 2.24) is 5.32 Å². The summed E-state index contributed by atoms with van der Waals surface area (Å²) in [5, 5.41) is 13.1. The molecule has 3 heteroatoms. The first-order valence-electron chi connectivity index (χ1n) is 8.44. The van der Waals surface area contributed by atoms with Gasteiger partial charge in [-0.2, -0.15) is 5.26 Å². The maximum Gasteiger partial charge on any atom is 0.109 e. The number of rotatable bonds is 4. The summed E-state index contributed by atoms with van der Waals surface area (Å²) in [4.78, 5) is 0. The maximum atomic E-state index is 9.53. The Morgan fingerprint density at radius 2 is 1.85 bits per heavy atom. The molecule has 0 saturated heterocycles. The van der Waals surface area contributed by atoms with Crippen LogP contribution in [0.1, 0.15) is 65.2 Å². The summed E-state index contributed by atoms with van der Waals surface area (Å²) < 4.78 is 6.34. The topological polar surface area (TPSA) is 45.0 Å². The van der Waals surface area contributed by atoms with Crippen LogP contribution in [-0.2, 0) is 4.74 Å². The monoisotopic (exact) mass is 276 g/mol. The average Bonchev–Trinajstić information content (AvgIpc) is 3.15. The van der Waals surface area contributed by atoms with Gasteiger partial charge in [-0.15, -0.1) is 0 Å². The van der Waals surface area contributed by atoms with Crippen LogP contribution < -0.4 is 5.32 Å². The highest BCUT2D eigenvalue weighted by atomic mass is 16.5. The van der Waals surface area contributed by atoms with Crippen molar-refractivity contribution in [3.8, 4) is 6.07 Å². The zero-order valence-electron chi connectivity index (χ0n) is 12.9. The Morgan fingerprint density at radius 3 is 2.50 bits per heavy atom.